The summed E-state index contributed by atoms with van der Waals surface area (Å²) in [6, 6.07) is 10.9. The molecule has 0 amide bonds. The monoisotopic (exact) mass is 309 g/mol. The zero-order valence-corrected chi connectivity index (χ0v) is 12.8. The van der Waals surface area contributed by atoms with Gasteiger partial charge in [-0.3, -0.25) is 0 Å². The molecule has 4 heteroatoms. The van der Waals surface area contributed by atoms with Crippen molar-refractivity contribution in [3.63, 3.8) is 0 Å². The van der Waals surface area contributed by atoms with Crippen LogP contribution in [0, 0.1) is 17.6 Å². The van der Waals surface area contributed by atoms with Crippen LogP contribution in [0.3, 0.4) is 0 Å². The second-order valence-corrected chi connectivity index (χ2v) is 5.80. The van der Waals surface area contributed by atoms with Crippen LogP contribution in [-0.2, 0) is 6.54 Å². The summed E-state index contributed by atoms with van der Waals surface area (Å²) >= 11 is 6.03. The van der Waals surface area contributed by atoms with Gasteiger partial charge in [-0.05, 0) is 41.3 Å². The summed E-state index contributed by atoms with van der Waals surface area (Å²) < 4.78 is 26.1. The van der Waals surface area contributed by atoms with E-state index in [-0.39, 0.29) is 17.7 Å². The van der Waals surface area contributed by atoms with Crippen molar-refractivity contribution in [2.75, 3.05) is 0 Å². The molecule has 0 bridgehead atoms. The number of nitrogens with one attached hydrogen (secondary N) is 1. The Kier molecular flexibility index (Phi) is 5.32. The van der Waals surface area contributed by atoms with Crippen LogP contribution < -0.4 is 5.32 Å². The Morgan fingerprint density at radius 1 is 1.00 bits per heavy atom. The molecular formula is C17H18ClF2N. The van der Waals surface area contributed by atoms with Crippen molar-refractivity contribution in [1.29, 1.82) is 0 Å². The topological polar surface area (TPSA) is 12.0 Å². The molecule has 0 saturated carbocycles. The van der Waals surface area contributed by atoms with E-state index in [4.69, 9.17) is 11.6 Å². The Labute approximate surface area is 128 Å². The van der Waals surface area contributed by atoms with Gasteiger partial charge < -0.3 is 5.32 Å². The molecule has 0 saturated heterocycles. The minimum absolute atomic E-state index is 0.0757. The van der Waals surface area contributed by atoms with E-state index >= 15 is 0 Å². The highest BCUT2D eigenvalue weighted by Gasteiger charge is 2.16. The third kappa shape index (κ3) is 4.26. The van der Waals surface area contributed by atoms with Crippen LogP contribution in [0.4, 0.5) is 8.78 Å². The van der Waals surface area contributed by atoms with Crippen LogP contribution in [-0.4, -0.2) is 0 Å². The molecule has 2 aromatic rings. The van der Waals surface area contributed by atoms with Crippen molar-refractivity contribution in [2.45, 2.75) is 26.4 Å². The van der Waals surface area contributed by atoms with Gasteiger partial charge in [-0.15, -0.1) is 0 Å². The maximum absolute atomic E-state index is 13.0. The van der Waals surface area contributed by atoms with Gasteiger partial charge >= 0.3 is 0 Å². The second kappa shape index (κ2) is 7.01. The van der Waals surface area contributed by atoms with Gasteiger partial charge in [0.1, 0.15) is 11.6 Å². The van der Waals surface area contributed by atoms with Gasteiger partial charge in [-0.2, -0.15) is 0 Å². The van der Waals surface area contributed by atoms with E-state index in [1.807, 2.05) is 0 Å². The lowest BCUT2D eigenvalue weighted by atomic mass is 9.95. The Balaban J connectivity index is 2.12. The molecule has 2 aromatic carbocycles. The van der Waals surface area contributed by atoms with Crippen molar-refractivity contribution in [2.24, 2.45) is 5.92 Å². The lowest BCUT2D eigenvalue weighted by molar-refractivity contribution is 0.410. The molecule has 2 rings (SSSR count). The molecule has 0 heterocycles. The lowest BCUT2D eigenvalue weighted by Crippen LogP contribution is -2.25. The van der Waals surface area contributed by atoms with Gasteiger partial charge in [-0.1, -0.05) is 43.6 Å². The maximum Gasteiger partial charge on any atom is 0.124 e. The summed E-state index contributed by atoms with van der Waals surface area (Å²) in [5.74, 6) is -0.264. The van der Waals surface area contributed by atoms with Crippen LogP contribution in [0.15, 0.2) is 42.5 Å². The summed E-state index contributed by atoms with van der Waals surface area (Å²) in [4.78, 5) is 0. The van der Waals surface area contributed by atoms with Gasteiger partial charge in [0.2, 0.25) is 0 Å². The summed E-state index contributed by atoms with van der Waals surface area (Å²) in [5, 5.41) is 3.81. The Morgan fingerprint density at radius 2 is 1.62 bits per heavy atom. The Hall–Kier alpha value is -1.45. The van der Waals surface area contributed by atoms with Crippen LogP contribution in [0.25, 0.3) is 0 Å². The highest BCUT2D eigenvalue weighted by atomic mass is 35.5. The lowest BCUT2D eigenvalue weighted by Gasteiger charge is -2.23. The summed E-state index contributed by atoms with van der Waals surface area (Å²) in [6.07, 6.45) is 0. The molecule has 112 valence electrons. The third-order valence-electron chi connectivity index (χ3n) is 3.42. The van der Waals surface area contributed by atoms with Crippen LogP contribution >= 0.6 is 11.6 Å². The van der Waals surface area contributed by atoms with E-state index in [0.29, 0.717) is 17.5 Å². The quantitative estimate of drug-likeness (QED) is 0.809. The minimum atomic E-state index is -0.345. The molecule has 0 radical (unpaired) electrons. The predicted molar refractivity (Wildman–Crippen MR) is 82.2 cm³/mol. The maximum atomic E-state index is 13.0. The first-order chi connectivity index (χ1) is 9.97. The standard InChI is InChI=1S/C17H18ClF2N/c1-11(2)17(12-3-6-14(19)7-4-12)21-10-13-5-8-15(20)9-16(13)18/h3-9,11,17,21H,10H2,1-2H3. The number of benzene rings is 2. The fourth-order valence-corrected chi connectivity index (χ4v) is 2.53. The van der Waals surface area contributed by atoms with Gasteiger partial charge in [-0.25, -0.2) is 8.78 Å². The predicted octanol–water partition coefficient (Wildman–Crippen LogP) is 5.11. The zero-order valence-electron chi connectivity index (χ0n) is 12.0. The number of hydrogen-bond acceptors (Lipinski definition) is 1. The van der Waals surface area contributed by atoms with E-state index in [2.05, 4.69) is 19.2 Å². The summed E-state index contributed by atoms with van der Waals surface area (Å²) in [6.45, 7) is 4.71. The SMILES string of the molecule is CC(C)C(NCc1ccc(F)cc1Cl)c1ccc(F)cc1. The van der Waals surface area contributed by atoms with E-state index < -0.39 is 0 Å². The average molecular weight is 310 g/mol. The van der Waals surface area contributed by atoms with E-state index in [1.54, 1.807) is 18.2 Å². The minimum Gasteiger partial charge on any atom is -0.306 e. The molecule has 21 heavy (non-hydrogen) atoms. The number of rotatable bonds is 5. The van der Waals surface area contributed by atoms with Gasteiger partial charge in [0.15, 0.2) is 0 Å². The molecule has 0 aliphatic rings. The Bertz CT molecular complexity index is 596. The van der Waals surface area contributed by atoms with Crippen LogP contribution in [0.5, 0.6) is 0 Å². The van der Waals surface area contributed by atoms with Gasteiger partial charge in [0.25, 0.3) is 0 Å². The number of halogens is 3. The smallest absolute Gasteiger partial charge is 0.124 e. The highest BCUT2D eigenvalue weighted by Crippen LogP contribution is 2.24. The fraction of sp³-hybridized carbons (Fsp3) is 0.294. The second-order valence-electron chi connectivity index (χ2n) is 5.39. The van der Waals surface area contributed by atoms with Gasteiger partial charge in [0.05, 0.1) is 0 Å². The summed E-state index contributed by atoms with van der Waals surface area (Å²) in [7, 11) is 0. The third-order valence-corrected chi connectivity index (χ3v) is 3.78. The molecule has 1 atom stereocenters. The molecule has 0 aliphatic carbocycles. The first kappa shape index (κ1) is 15.9. The molecule has 1 nitrogen and oxygen atoms in total. The van der Waals surface area contributed by atoms with E-state index in [1.165, 1.54) is 24.3 Å². The van der Waals surface area contributed by atoms with Crippen LogP contribution in [0.1, 0.15) is 31.0 Å². The first-order valence-corrected chi connectivity index (χ1v) is 7.28. The van der Waals surface area contributed by atoms with Crippen molar-refractivity contribution in [3.8, 4) is 0 Å². The molecule has 0 fully saturated rings. The molecule has 0 aromatic heterocycles. The highest BCUT2D eigenvalue weighted by molar-refractivity contribution is 6.31. The largest absolute Gasteiger partial charge is 0.306 e. The van der Waals surface area contributed by atoms with Crippen LogP contribution in [0.2, 0.25) is 5.02 Å². The van der Waals surface area contributed by atoms with Crippen molar-refractivity contribution >= 4 is 11.6 Å². The first-order valence-electron chi connectivity index (χ1n) is 6.90. The molecular weight excluding hydrogens is 292 g/mol. The molecule has 1 N–H and O–H groups in total. The molecule has 1 unspecified atom stereocenters. The van der Waals surface area contributed by atoms with E-state index in [9.17, 15) is 8.78 Å². The average Bonchev–Trinajstić information content (AvgIpc) is 2.42. The Morgan fingerprint density at radius 3 is 2.19 bits per heavy atom. The van der Waals surface area contributed by atoms with Gasteiger partial charge in [0, 0.05) is 17.6 Å². The number of hydrogen-bond donors (Lipinski definition) is 1. The fourth-order valence-electron chi connectivity index (χ4n) is 2.29. The normalized spacial score (nSPS) is 12.7. The molecule has 0 spiro atoms. The summed E-state index contributed by atoms with van der Waals surface area (Å²) in [5.41, 5.74) is 1.86. The zero-order chi connectivity index (χ0) is 15.4. The van der Waals surface area contributed by atoms with Crippen molar-refractivity contribution < 1.29 is 8.78 Å². The van der Waals surface area contributed by atoms with E-state index in [0.717, 1.165) is 11.1 Å². The van der Waals surface area contributed by atoms with Crippen molar-refractivity contribution in [1.82, 2.24) is 5.32 Å². The molecule has 0 aliphatic heterocycles. The van der Waals surface area contributed by atoms with Crippen molar-refractivity contribution in [3.05, 3.63) is 70.2 Å².